The minimum Gasteiger partial charge on any atom is -0.339 e. The van der Waals surface area contributed by atoms with Crippen molar-refractivity contribution >= 4 is 0 Å². The third-order valence-corrected chi connectivity index (χ3v) is 5.12. The van der Waals surface area contributed by atoms with Crippen LogP contribution < -0.4 is 0 Å². The zero-order valence-corrected chi connectivity index (χ0v) is 15.6. The summed E-state index contributed by atoms with van der Waals surface area (Å²) in [7, 11) is 0. The van der Waals surface area contributed by atoms with Gasteiger partial charge in [0.1, 0.15) is 24.2 Å². The Hall–Kier alpha value is -4.14. The highest BCUT2D eigenvalue weighted by atomic mass is 19.1. The Bertz CT molecular complexity index is 1370. The van der Waals surface area contributed by atoms with Crippen LogP contribution in [0.3, 0.4) is 0 Å². The topological polar surface area (TPSA) is 87.4 Å². The summed E-state index contributed by atoms with van der Waals surface area (Å²) in [4.78, 5) is 13.4. The van der Waals surface area contributed by atoms with Gasteiger partial charge in [0.15, 0.2) is 5.82 Å². The molecule has 0 spiro atoms. The van der Waals surface area contributed by atoms with E-state index in [0.29, 0.717) is 41.8 Å². The highest BCUT2D eigenvalue weighted by Gasteiger charge is 2.26. The highest BCUT2D eigenvalue weighted by Crippen LogP contribution is 2.33. The van der Waals surface area contributed by atoms with E-state index in [1.807, 2.05) is 34.9 Å². The van der Waals surface area contributed by atoms with Crippen molar-refractivity contribution in [3.63, 3.8) is 0 Å². The first-order chi connectivity index (χ1) is 14.8. The third-order valence-electron chi connectivity index (χ3n) is 5.12. The summed E-state index contributed by atoms with van der Waals surface area (Å²) in [6, 6.07) is 14.5. The van der Waals surface area contributed by atoms with Crippen LogP contribution in [0.5, 0.6) is 0 Å². The van der Waals surface area contributed by atoms with Crippen LogP contribution >= 0.6 is 0 Å². The average Bonchev–Trinajstić information content (AvgIpc) is 3.48. The van der Waals surface area contributed by atoms with Crippen molar-refractivity contribution in [3.8, 4) is 28.6 Å². The Labute approximate surface area is 169 Å². The molecule has 0 aliphatic carbocycles. The van der Waals surface area contributed by atoms with E-state index in [9.17, 15) is 4.39 Å². The van der Waals surface area contributed by atoms with Gasteiger partial charge in [-0.2, -0.15) is 10.1 Å². The van der Waals surface area contributed by atoms with Crippen molar-refractivity contribution in [2.75, 3.05) is 0 Å². The highest BCUT2D eigenvalue weighted by molar-refractivity contribution is 5.70. The van der Waals surface area contributed by atoms with Gasteiger partial charge in [-0.25, -0.2) is 19.0 Å². The zero-order chi connectivity index (χ0) is 20.1. The lowest BCUT2D eigenvalue weighted by Gasteiger charge is -2.08. The normalized spacial score (nSPS) is 12.2. The second-order valence-electron chi connectivity index (χ2n) is 6.99. The lowest BCUT2D eigenvalue weighted by Crippen LogP contribution is -2.06. The maximum Gasteiger partial charge on any atom is 0.231 e. The van der Waals surface area contributed by atoms with Gasteiger partial charge in [-0.15, -0.1) is 0 Å². The van der Waals surface area contributed by atoms with Crippen molar-refractivity contribution in [1.82, 2.24) is 34.5 Å². The molecule has 0 bridgehead atoms. The smallest absolute Gasteiger partial charge is 0.231 e. The number of nitrogens with zero attached hydrogens (tertiary/aromatic N) is 7. The minimum absolute atomic E-state index is 0.337. The molecule has 4 heterocycles. The molecule has 3 aromatic heterocycles. The molecule has 6 rings (SSSR count). The van der Waals surface area contributed by atoms with Gasteiger partial charge >= 0.3 is 0 Å². The first-order valence-corrected chi connectivity index (χ1v) is 9.37. The monoisotopic (exact) mass is 399 g/mol. The Morgan fingerprint density at radius 3 is 2.87 bits per heavy atom. The molecular weight excluding hydrogens is 385 g/mol. The van der Waals surface area contributed by atoms with Gasteiger partial charge in [0.05, 0.1) is 24.3 Å². The van der Waals surface area contributed by atoms with E-state index >= 15 is 0 Å². The van der Waals surface area contributed by atoms with Gasteiger partial charge in [0.2, 0.25) is 11.7 Å². The summed E-state index contributed by atoms with van der Waals surface area (Å²) in [5.74, 6) is 1.17. The van der Waals surface area contributed by atoms with E-state index in [0.717, 1.165) is 16.9 Å². The molecule has 0 saturated carbocycles. The van der Waals surface area contributed by atoms with E-state index in [1.54, 1.807) is 17.1 Å². The van der Waals surface area contributed by atoms with Crippen LogP contribution in [0, 0.1) is 5.82 Å². The molecule has 1 aliphatic heterocycles. The van der Waals surface area contributed by atoms with Crippen LogP contribution in [0.15, 0.2) is 65.7 Å². The van der Waals surface area contributed by atoms with E-state index in [4.69, 9.17) is 4.52 Å². The molecule has 0 N–H and O–H groups in total. The van der Waals surface area contributed by atoms with E-state index in [-0.39, 0.29) is 5.82 Å². The molecule has 0 fully saturated rings. The molecule has 0 atom stereocenters. The van der Waals surface area contributed by atoms with Gasteiger partial charge in [0, 0.05) is 5.56 Å². The van der Waals surface area contributed by atoms with Gasteiger partial charge in [-0.3, -0.25) is 4.57 Å². The Kier molecular flexibility index (Phi) is 3.61. The number of fused-ring (bicyclic) bond motifs is 5. The molecule has 1 aliphatic rings. The van der Waals surface area contributed by atoms with Crippen LogP contribution in [-0.4, -0.2) is 34.5 Å². The van der Waals surface area contributed by atoms with Crippen molar-refractivity contribution in [3.05, 3.63) is 84.2 Å². The number of rotatable bonds is 3. The SMILES string of the molecule is Fc1ccc2c(c1)-c1ncnn1Cc1c(-c3noc(Cc4ccccc4)n3)ncn1-2. The summed E-state index contributed by atoms with van der Waals surface area (Å²) < 4.78 is 23.0. The molecule has 146 valence electrons. The number of aromatic nitrogens is 7. The lowest BCUT2D eigenvalue weighted by molar-refractivity contribution is 0.385. The van der Waals surface area contributed by atoms with Crippen molar-refractivity contribution in [2.24, 2.45) is 0 Å². The Morgan fingerprint density at radius 2 is 1.97 bits per heavy atom. The second kappa shape index (κ2) is 6.45. The van der Waals surface area contributed by atoms with Crippen molar-refractivity contribution in [1.29, 1.82) is 0 Å². The zero-order valence-electron chi connectivity index (χ0n) is 15.6. The molecule has 0 amide bonds. The molecule has 2 aromatic carbocycles. The number of halogens is 1. The fraction of sp³-hybridized carbons (Fsp3) is 0.0952. The number of hydrogen-bond acceptors (Lipinski definition) is 6. The maximum atomic E-state index is 13.9. The number of benzene rings is 2. The minimum atomic E-state index is -0.337. The summed E-state index contributed by atoms with van der Waals surface area (Å²) in [6.07, 6.45) is 3.68. The van der Waals surface area contributed by atoms with Gasteiger partial charge in [-0.05, 0) is 23.8 Å². The summed E-state index contributed by atoms with van der Waals surface area (Å²) >= 11 is 0. The van der Waals surface area contributed by atoms with E-state index in [2.05, 4.69) is 25.2 Å². The first kappa shape index (κ1) is 16.8. The first-order valence-electron chi connectivity index (χ1n) is 9.37. The van der Waals surface area contributed by atoms with Crippen LogP contribution in [-0.2, 0) is 13.0 Å². The average molecular weight is 399 g/mol. The number of imidazole rings is 1. The van der Waals surface area contributed by atoms with Crippen molar-refractivity contribution in [2.45, 2.75) is 13.0 Å². The molecular formula is C21H14FN7O. The Balaban J connectivity index is 1.45. The quantitative estimate of drug-likeness (QED) is 0.454. The summed E-state index contributed by atoms with van der Waals surface area (Å²) in [6.45, 7) is 0.392. The molecule has 0 unspecified atom stereocenters. The van der Waals surface area contributed by atoms with Gasteiger partial charge < -0.3 is 4.52 Å². The third kappa shape index (κ3) is 2.63. The predicted molar refractivity (Wildman–Crippen MR) is 104 cm³/mol. The lowest BCUT2D eigenvalue weighted by atomic mass is 10.1. The van der Waals surface area contributed by atoms with Crippen molar-refractivity contribution < 1.29 is 8.91 Å². The van der Waals surface area contributed by atoms with E-state index in [1.165, 1.54) is 18.5 Å². The van der Waals surface area contributed by atoms with Crippen LogP contribution in [0.2, 0.25) is 0 Å². The Morgan fingerprint density at radius 1 is 1.07 bits per heavy atom. The maximum absolute atomic E-state index is 13.9. The summed E-state index contributed by atoms with van der Waals surface area (Å²) in [5.41, 5.74) is 3.91. The standard InChI is InChI=1S/C21H14FN7O/c22-14-6-7-16-15(9-14)21-23-11-25-29(21)10-17-19(24-12-28(16)17)20-26-18(30-27-20)8-13-4-2-1-3-5-13/h1-7,9,11-12H,8,10H2. The fourth-order valence-corrected chi connectivity index (χ4v) is 3.74. The van der Waals surface area contributed by atoms with Gasteiger partial charge in [-0.1, -0.05) is 35.5 Å². The largest absolute Gasteiger partial charge is 0.339 e. The molecule has 30 heavy (non-hydrogen) atoms. The summed E-state index contributed by atoms with van der Waals surface area (Å²) in [5, 5.41) is 8.44. The van der Waals surface area contributed by atoms with Crippen LogP contribution in [0.4, 0.5) is 4.39 Å². The van der Waals surface area contributed by atoms with Crippen LogP contribution in [0.25, 0.3) is 28.6 Å². The fourth-order valence-electron chi connectivity index (χ4n) is 3.74. The molecule has 0 radical (unpaired) electrons. The predicted octanol–water partition coefficient (Wildman–Crippen LogP) is 3.27. The molecule has 0 saturated heterocycles. The van der Waals surface area contributed by atoms with Gasteiger partial charge in [0.25, 0.3) is 0 Å². The number of hydrogen-bond donors (Lipinski definition) is 0. The van der Waals surface area contributed by atoms with E-state index < -0.39 is 0 Å². The molecule has 8 nitrogen and oxygen atoms in total. The van der Waals surface area contributed by atoms with Crippen LogP contribution in [0.1, 0.15) is 17.1 Å². The molecule has 5 aromatic rings. The molecule has 9 heteroatoms. The second-order valence-corrected chi connectivity index (χ2v) is 6.99.